The first-order valence-electron chi connectivity index (χ1n) is 17.7. The fourth-order valence-corrected chi connectivity index (χ4v) is 8.06. The van der Waals surface area contributed by atoms with E-state index in [1.54, 1.807) is 36.4 Å². The maximum Gasteiger partial charge on any atom is 0.408 e. The molecule has 3 aromatic rings. The highest BCUT2D eigenvalue weighted by molar-refractivity contribution is 6.37. The van der Waals surface area contributed by atoms with Crippen molar-refractivity contribution in [3.8, 4) is 11.6 Å². The average molecular weight is 786 g/mol. The minimum absolute atomic E-state index is 0.0197. The topological polar surface area (TPSA) is 122 Å². The standard InChI is InChI=1S/C39H43Cl3N4O7/c1-23-15-32(41)37(33(42)16-23)53-14-13-52-35-11-7-26(19-43-35)30-18-29-21-44(24(2)47)22-34(46(29)39(49)50)36(30)38(48)45(28-8-9-28)20-27-17-25(5-4-12-51-3)6-10-31(27)40/h6-7,10-11,15-17,19,28-29,34H,4-5,8-9,12-14,18,20-22H2,1-3H3,(H,49,50)/t29-,34-/m1/s1. The Morgan fingerprint density at radius 2 is 1.70 bits per heavy atom. The fraction of sp³-hybridized carbons (Fsp3) is 0.436. The number of nitrogens with zero attached hydrogens (tertiary/aromatic N) is 4. The Hall–Kier alpha value is -4.03. The molecule has 1 aliphatic carbocycles. The summed E-state index contributed by atoms with van der Waals surface area (Å²) in [6.07, 6.45) is 4.05. The molecule has 0 unspecified atom stereocenters. The first-order chi connectivity index (χ1) is 25.4. The van der Waals surface area contributed by atoms with Crippen molar-refractivity contribution < 1.29 is 33.7 Å². The van der Waals surface area contributed by atoms with Gasteiger partial charge in [0.1, 0.15) is 13.2 Å². The van der Waals surface area contributed by atoms with Gasteiger partial charge in [-0.25, -0.2) is 9.78 Å². The van der Waals surface area contributed by atoms with Crippen molar-refractivity contribution in [1.29, 1.82) is 0 Å². The number of aryl methyl sites for hydroxylation is 2. The van der Waals surface area contributed by atoms with Gasteiger partial charge in [-0.3, -0.25) is 14.5 Å². The lowest BCUT2D eigenvalue weighted by Crippen LogP contribution is -2.64. The third-order valence-corrected chi connectivity index (χ3v) is 10.8. The lowest BCUT2D eigenvalue weighted by molar-refractivity contribution is -0.135. The van der Waals surface area contributed by atoms with Gasteiger partial charge in [0.05, 0.1) is 22.1 Å². The van der Waals surface area contributed by atoms with Gasteiger partial charge in [-0.15, -0.1) is 0 Å². The number of aromatic nitrogens is 1. The molecule has 2 fully saturated rings. The first kappa shape index (κ1) is 38.7. The Morgan fingerprint density at radius 1 is 0.962 bits per heavy atom. The van der Waals surface area contributed by atoms with Crippen LogP contribution < -0.4 is 9.47 Å². The van der Waals surface area contributed by atoms with Crippen LogP contribution in [0.1, 0.15) is 54.9 Å². The van der Waals surface area contributed by atoms with Gasteiger partial charge in [0.15, 0.2) is 5.75 Å². The molecule has 3 amide bonds. The summed E-state index contributed by atoms with van der Waals surface area (Å²) < 4.78 is 16.8. The van der Waals surface area contributed by atoms with Crippen LogP contribution >= 0.6 is 34.8 Å². The largest absolute Gasteiger partial charge is 0.487 e. The molecule has 0 spiro atoms. The zero-order chi connectivity index (χ0) is 37.8. The molecule has 14 heteroatoms. The molecule has 1 N–H and O–H groups in total. The number of amides is 3. The van der Waals surface area contributed by atoms with Crippen LogP contribution in [0.3, 0.4) is 0 Å². The number of carboxylic acid groups (broad SMARTS) is 1. The van der Waals surface area contributed by atoms with Crippen molar-refractivity contribution in [2.24, 2.45) is 0 Å². The predicted octanol–water partition coefficient (Wildman–Crippen LogP) is 7.31. The number of pyridine rings is 1. The third-order valence-electron chi connectivity index (χ3n) is 9.87. The third kappa shape index (κ3) is 9.03. The molecule has 1 aromatic heterocycles. The van der Waals surface area contributed by atoms with E-state index in [0.717, 1.165) is 42.4 Å². The van der Waals surface area contributed by atoms with Gasteiger partial charge in [0.25, 0.3) is 5.91 Å². The summed E-state index contributed by atoms with van der Waals surface area (Å²) in [5.74, 6) is 0.288. The maximum absolute atomic E-state index is 15.0. The average Bonchev–Trinajstić information content (AvgIpc) is 3.96. The quantitative estimate of drug-likeness (QED) is 0.169. The monoisotopic (exact) mass is 784 g/mol. The molecule has 2 atom stereocenters. The van der Waals surface area contributed by atoms with Gasteiger partial charge in [-0.2, -0.15) is 0 Å². The lowest BCUT2D eigenvalue weighted by atomic mass is 9.81. The highest BCUT2D eigenvalue weighted by atomic mass is 35.5. The number of fused-ring (bicyclic) bond motifs is 2. The second kappa shape index (κ2) is 17.0. The van der Waals surface area contributed by atoms with E-state index in [1.165, 1.54) is 11.8 Å². The number of methoxy groups -OCH3 is 1. The van der Waals surface area contributed by atoms with E-state index in [0.29, 0.717) is 50.0 Å². The molecule has 0 radical (unpaired) electrons. The second-order valence-electron chi connectivity index (χ2n) is 13.7. The molecule has 282 valence electrons. The van der Waals surface area contributed by atoms with Crippen LogP contribution in [-0.4, -0.2) is 101 Å². The maximum atomic E-state index is 15.0. The number of hydrogen-bond acceptors (Lipinski definition) is 7. The number of halogens is 3. The van der Waals surface area contributed by atoms with Crippen LogP contribution in [0.2, 0.25) is 15.1 Å². The Balaban J connectivity index is 1.29. The molecule has 6 rings (SSSR count). The second-order valence-corrected chi connectivity index (χ2v) is 14.9. The normalized spacial score (nSPS) is 18.2. The molecular weight excluding hydrogens is 743 g/mol. The lowest BCUT2D eigenvalue weighted by Gasteiger charge is -2.50. The SMILES string of the molecule is COCCCc1ccc(Cl)c(CN(C(=O)C2=C(c3ccc(OCCOc4c(Cl)cc(C)cc4Cl)nc3)C[C@@H]3CN(C(C)=O)C[C@H]2N3C(=O)O)C2CC2)c1. The Kier molecular flexibility index (Phi) is 12.4. The summed E-state index contributed by atoms with van der Waals surface area (Å²) in [6.45, 7) is 4.90. The number of carbonyl (C=O) groups is 3. The molecule has 3 heterocycles. The molecule has 53 heavy (non-hydrogen) atoms. The molecule has 1 saturated carbocycles. The molecular formula is C39H43Cl3N4O7. The smallest absolute Gasteiger partial charge is 0.408 e. The van der Waals surface area contributed by atoms with E-state index in [9.17, 15) is 19.5 Å². The minimum atomic E-state index is -1.13. The zero-order valence-corrected chi connectivity index (χ0v) is 32.2. The highest BCUT2D eigenvalue weighted by Gasteiger charge is 2.49. The van der Waals surface area contributed by atoms with Gasteiger partial charge >= 0.3 is 6.09 Å². The summed E-state index contributed by atoms with van der Waals surface area (Å²) in [5.41, 5.74) is 4.58. The number of ether oxygens (including phenoxy) is 3. The number of benzene rings is 2. The van der Waals surface area contributed by atoms with E-state index in [-0.39, 0.29) is 57.1 Å². The van der Waals surface area contributed by atoms with Crippen molar-refractivity contribution in [2.75, 3.05) is 40.0 Å². The molecule has 3 aliphatic rings. The number of rotatable bonds is 14. The minimum Gasteiger partial charge on any atom is -0.487 e. The Labute approximate surface area is 324 Å². The van der Waals surface area contributed by atoms with Crippen LogP contribution in [0.15, 0.2) is 54.2 Å². The molecule has 1 saturated heterocycles. The van der Waals surface area contributed by atoms with Crippen molar-refractivity contribution in [3.05, 3.63) is 91.6 Å². The van der Waals surface area contributed by atoms with Gasteiger partial charge in [-0.05, 0) is 91.1 Å². The summed E-state index contributed by atoms with van der Waals surface area (Å²) in [5, 5.41) is 11.8. The van der Waals surface area contributed by atoms with Gasteiger partial charge in [0, 0.05) is 69.2 Å². The predicted molar refractivity (Wildman–Crippen MR) is 203 cm³/mol. The number of carbonyl (C=O) groups excluding carboxylic acids is 2. The fourth-order valence-electron chi connectivity index (χ4n) is 7.17. The van der Waals surface area contributed by atoms with Crippen LogP contribution in [0.5, 0.6) is 11.6 Å². The van der Waals surface area contributed by atoms with E-state index < -0.39 is 18.2 Å². The van der Waals surface area contributed by atoms with Crippen LogP contribution in [0.4, 0.5) is 4.79 Å². The molecule has 2 aliphatic heterocycles. The van der Waals surface area contributed by atoms with Crippen LogP contribution in [-0.2, 0) is 27.3 Å². The summed E-state index contributed by atoms with van der Waals surface area (Å²) >= 11 is 19.3. The van der Waals surface area contributed by atoms with Gasteiger partial charge in [0.2, 0.25) is 11.8 Å². The van der Waals surface area contributed by atoms with Gasteiger partial charge in [-0.1, -0.05) is 46.9 Å². The summed E-state index contributed by atoms with van der Waals surface area (Å²) in [6, 6.07) is 11.5. The zero-order valence-electron chi connectivity index (χ0n) is 29.9. The molecule has 2 aromatic carbocycles. The van der Waals surface area contributed by atoms with Crippen molar-refractivity contribution >= 4 is 58.3 Å². The van der Waals surface area contributed by atoms with Crippen LogP contribution in [0.25, 0.3) is 5.57 Å². The first-order valence-corrected chi connectivity index (χ1v) is 18.8. The van der Waals surface area contributed by atoms with Gasteiger partial charge < -0.3 is 29.1 Å². The Morgan fingerprint density at radius 3 is 2.34 bits per heavy atom. The number of hydrogen-bond donors (Lipinski definition) is 1. The van der Waals surface area contributed by atoms with Crippen LogP contribution in [0, 0.1) is 6.92 Å². The summed E-state index contributed by atoms with van der Waals surface area (Å²) in [7, 11) is 1.67. The van der Waals surface area contributed by atoms with Crippen molar-refractivity contribution in [3.63, 3.8) is 0 Å². The van der Waals surface area contributed by atoms with E-state index in [4.69, 9.17) is 49.0 Å². The molecule has 2 bridgehead atoms. The van der Waals surface area contributed by atoms with E-state index in [2.05, 4.69) is 4.98 Å². The highest BCUT2D eigenvalue weighted by Crippen LogP contribution is 2.42. The molecule has 11 nitrogen and oxygen atoms in total. The van der Waals surface area contributed by atoms with E-state index in [1.807, 2.05) is 36.1 Å². The Bertz CT molecular complexity index is 1860. The van der Waals surface area contributed by atoms with E-state index >= 15 is 0 Å². The van der Waals surface area contributed by atoms with Crippen molar-refractivity contribution in [1.82, 2.24) is 19.7 Å². The number of piperazine rings is 1. The van der Waals surface area contributed by atoms with Crippen molar-refractivity contribution in [2.45, 2.75) is 70.6 Å². The summed E-state index contributed by atoms with van der Waals surface area (Å²) in [4.78, 5) is 49.7.